The number of aliphatic hydroxyl groups excluding tert-OH is 2. The maximum absolute atomic E-state index is 13.0. The van der Waals surface area contributed by atoms with E-state index >= 15 is 0 Å². The van der Waals surface area contributed by atoms with Gasteiger partial charge in [-0.3, -0.25) is 4.79 Å². The third-order valence-electron chi connectivity index (χ3n) is 6.56. The average Bonchev–Trinajstić information content (AvgIpc) is 3.17. The van der Waals surface area contributed by atoms with Crippen LogP contribution in [0.4, 0.5) is 0 Å². The van der Waals surface area contributed by atoms with Gasteiger partial charge in [0.1, 0.15) is 24.2 Å². The lowest BCUT2D eigenvalue weighted by molar-refractivity contribution is 0.0535. The molecule has 3 N–H and O–H groups in total. The molecule has 6 nitrogen and oxygen atoms in total. The lowest BCUT2D eigenvalue weighted by Gasteiger charge is -2.14. The highest BCUT2D eigenvalue weighted by atomic mass is 32.1. The van der Waals surface area contributed by atoms with Crippen molar-refractivity contribution in [2.45, 2.75) is 45.8 Å². The van der Waals surface area contributed by atoms with E-state index in [1.54, 1.807) is 30.6 Å². The molecule has 1 unspecified atom stereocenters. The maximum Gasteiger partial charge on any atom is 0.261 e. The highest BCUT2D eigenvalue weighted by Gasteiger charge is 2.58. The average molecular weight is 446 g/mol. The van der Waals surface area contributed by atoms with Crippen LogP contribution in [0.5, 0.6) is 11.5 Å². The molecule has 0 spiro atoms. The van der Waals surface area contributed by atoms with E-state index < -0.39 is 6.10 Å². The van der Waals surface area contributed by atoms with Gasteiger partial charge in [0.05, 0.1) is 18.6 Å². The van der Waals surface area contributed by atoms with E-state index in [2.05, 4.69) is 26.1 Å². The predicted molar refractivity (Wildman–Crippen MR) is 120 cm³/mol. The smallest absolute Gasteiger partial charge is 0.261 e. The van der Waals surface area contributed by atoms with Gasteiger partial charge in [0.15, 0.2) is 0 Å². The van der Waals surface area contributed by atoms with Gasteiger partial charge < -0.3 is 25.0 Å². The number of rotatable bonds is 9. The molecular formula is C24H31NO5S. The number of carbonyl (C=O) groups is 1. The Balaban J connectivity index is 1.41. The van der Waals surface area contributed by atoms with E-state index in [0.29, 0.717) is 29.9 Å². The molecule has 1 amide bonds. The third kappa shape index (κ3) is 4.19. The van der Waals surface area contributed by atoms with Crippen LogP contribution in [0.2, 0.25) is 0 Å². The van der Waals surface area contributed by atoms with Crippen molar-refractivity contribution in [1.82, 2.24) is 5.32 Å². The molecule has 2 aromatic rings. The van der Waals surface area contributed by atoms with E-state index in [1.165, 1.54) is 16.0 Å². The van der Waals surface area contributed by atoms with Crippen LogP contribution in [-0.2, 0) is 13.0 Å². The maximum atomic E-state index is 13.0. The topological polar surface area (TPSA) is 88.0 Å². The Morgan fingerprint density at radius 3 is 2.81 bits per heavy atom. The van der Waals surface area contributed by atoms with Gasteiger partial charge in [-0.2, -0.15) is 0 Å². The van der Waals surface area contributed by atoms with Gasteiger partial charge >= 0.3 is 0 Å². The summed E-state index contributed by atoms with van der Waals surface area (Å²) >= 11 is 1.62. The second-order valence-corrected chi connectivity index (χ2v) is 10.1. The monoisotopic (exact) mass is 445 g/mol. The second-order valence-electron chi connectivity index (χ2n) is 8.90. The van der Waals surface area contributed by atoms with Crippen molar-refractivity contribution < 1.29 is 24.5 Å². The largest absolute Gasteiger partial charge is 0.496 e. The lowest BCUT2D eigenvalue weighted by Crippen LogP contribution is -2.23. The molecule has 1 fully saturated rings. The SMILES string of the molecule is COc1cc(OC[C@@H](O)CO)ccc1CNC(=O)c1sc(C)c2c1C[C@H]1C(C(C)C)[C@@H]21. The number of fused-ring (bicyclic) bond motifs is 3. The zero-order valence-corrected chi connectivity index (χ0v) is 19.3. The summed E-state index contributed by atoms with van der Waals surface area (Å²) in [7, 11) is 1.57. The summed E-state index contributed by atoms with van der Waals surface area (Å²) < 4.78 is 10.9. The van der Waals surface area contributed by atoms with Crippen LogP contribution in [0.15, 0.2) is 18.2 Å². The van der Waals surface area contributed by atoms with Crippen molar-refractivity contribution in [3.05, 3.63) is 44.6 Å². The first-order valence-corrected chi connectivity index (χ1v) is 11.7. The number of thiophene rings is 1. The normalized spacial score (nSPS) is 22.1. The molecule has 2 aliphatic rings. The first-order valence-electron chi connectivity index (χ1n) is 10.8. The molecule has 2 aliphatic carbocycles. The molecule has 1 aromatic carbocycles. The molecule has 0 radical (unpaired) electrons. The number of amides is 1. The molecule has 0 saturated heterocycles. The van der Waals surface area contributed by atoms with Gasteiger partial charge in [-0.1, -0.05) is 13.8 Å². The minimum Gasteiger partial charge on any atom is -0.496 e. The Morgan fingerprint density at radius 1 is 1.35 bits per heavy atom. The van der Waals surface area contributed by atoms with Gasteiger partial charge in [0.25, 0.3) is 5.91 Å². The lowest BCUT2D eigenvalue weighted by atomic mass is 9.96. The number of aliphatic hydroxyl groups is 2. The molecular weight excluding hydrogens is 414 g/mol. The van der Waals surface area contributed by atoms with Crippen LogP contribution >= 0.6 is 11.3 Å². The zero-order chi connectivity index (χ0) is 22.3. The predicted octanol–water partition coefficient (Wildman–Crippen LogP) is 3.27. The van der Waals surface area contributed by atoms with Gasteiger partial charge in [-0.25, -0.2) is 0 Å². The molecule has 7 heteroatoms. The molecule has 1 aromatic heterocycles. The van der Waals surface area contributed by atoms with Gasteiger partial charge in [-0.05, 0) is 60.3 Å². The highest BCUT2D eigenvalue weighted by Crippen LogP contribution is 2.66. The van der Waals surface area contributed by atoms with Crippen molar-refractivity contribution in [3.8, 4) is 11.5 Å². The molecule has 0 bridgehead atoms. The quantitative estimate of drug-likeness (QED) is 0.551. The van der Waals surface area contributed by atoms with Crippen molar-refractivity contribution in [1.29, 1.82) is 0 Å². The van der Waals surface area contributed by atoms with Crippen LogP contribution in [0.1, 0.15) is 51.0 Å². The fraction of sp³-hybridized carbons (Fsp3) is 0.542. The van der Waals surface area contributed by atoms with Crippen LogP contribution in [0.3, 0.4) is 0 Å². The van der Waals surface area contributed by atoms with Crippen molar-refractivity contribution in [2.24, 2.45) is 17.8 Å². The molecule has 1 heterocycles. The van der Waals surface area contributed by atoms with Crippen LogP contribution in [0.25, 0.3) is 0 Å². The van der Waals surface area contributed by atoms with Gasteiger partial charge in [-0.15, -0.1) is 11.3 Å². The Morgan fingerprint density at radius 2 is 2.13 bits per heavy atom. The Hall–Kier alpha value is -2.09. The number of carbonyl (C=O) groups excluding carboxylic acids is 1. The van der Waals surface area contributed by atoms with Gasteiger partial charge in [0, 0.05) is 23.1 Å². The fourth-order valence-corrected chi connectivity index (χ4v) is 6.26. The number of methoxy groups -OCH3 is 1. The molecule has 4 rings (SSSR count). The summed E-state index contributed by atoms with van der Waals surface area (Å²) in [6.07, 6.45) is 0.105. The summed E-state index contributed by atoms with van der Waals surface area (Å²) in [6, 6.07) is 5.32. The number of benzene rings is 1. The Bertz CT molecular complexity index is 969. The number of hydrogen-bond acceptors (Lipinski definition) is 6. The standard InChI is InChI=1S/C24H31NO5S/c1-12(2)20-17-8-18-21(22(17)20)13(3)31-23(18)24(28)25-9-14-5-6-16(7-19(14)29-4)30-11-15(27)10-26/h5-7,12,15,17,20,22,26-27H,8-11H2,1-4H3,(H,25,28)/t15-,17-,20?,22-/m0/s1. The number of ether oxygens (including phenoxy) is 2. The first-order chi connectivity index (χ1) is 14.8. The molecule has 0 aliphatic heterocycles. The molecule has 31 heavy (non-hydrogen) atoms. The molecule has 168 valence electrons. The Labute approximate surface area is 187 Å². The summed E-state index contributed by atoms with van der Waals surface area (Å²) in [5, 5.41) is 21.4. The minimum absolute atomic E-state index is 0.00176. The molecule has 4 atom stereocenters. The van der Waals surface area contributed by atoms with Crippen molar-refractivity contribution in [2.75, 3.05) is 20.3 Å². The second kappa shape index (κ2) is 8.81. The van der Waals surface area contributed by atoms with Crippen LogP contribution in [0, 0.1) is 24.7 Å². The summed E-state index contributed by atoms with van der Waals surface area (Å²) in [5.74, 6) is 3.97. The van der Waals surface area contributed by atoms with E-state index in [4.69, 9.17) is 14.6 Å². The number of nitrogens with one attached hydrogen (secondary N) is 1. The fourth-order valence-electron chi connectivity index (χ4n) is 5.10. The van der Waals surface area contributed by atoms with Crippen LogP contribution in [-0.4, -0.2) is 42.5 Å². The zero-order valence-electron chi connectivity index (χ0n) is 18.5. The van der Waals surface area contributed by atoms with Gasteiger partial charge in [0.2, 0.25) is 0 Å². The van der Waals surface area contributed by atoms with E-state index in [-0.39, 0.29) is 19.1 Å². The van der Waals surface area contributed by atoms with E-state index in [9.17, 15) is 9.90 Å². The third-order valence-corrected chi connectivity index (χ3v) is 7.73. The number of aryl methyl sites for hydroxylation is 1. The summed E-state index contributed by atoms with van der Waals surface area (Å²) in [4.78, 5) is 15.1. The summed E-state index contributed by atoms with van der Waals surface area (Å²) in [6.45, 7) is 6.75. The van der Waals surface area contributed by atoms with E-state index in [0.717, 1.165) is 28.7 Å². The van der Waals surface area contributed by atoms with Crippen molar-refractivity contribution in [3.63, 3.8) is 0 Å². The van der Waals surface area contributed by atoms with Crippen molar-refractivity contribution >= 4 is 17.2 Å². The Kier molecular flexibility index (Phi) is 6.28. The minimum atomic E-state index is -0.928. The number of hydrogen-bond donors (Lipinski definition) is 3. The van der Waals surface area contributed by atoms with E-state index in [1.807, 2.05) is 6.07 Å². The highest BCUT2D eigenvalue weighted by molar-refractivity contribution is 7.14. The van der Waals surface area contributed by atoms with Crippen LogP contribution < -0.4 is 14.8 Å². The first kappa shape index (κ1) is 22.1. The molecule has 1 saturated carbocycles. The summed E-state index contributed by atoms with van der Waals surface area (Å²) in [5.41, 5.74) is 3.56.